The molecular formula is C15H19Cl2NO2. The van der Waals surface area contributed by atoms with E-state index in [4.69, 9.17) is 27.9 Å². The number of carbonyl (C=O) groups is 1. The molecule has 1 fully saturated rings. The van der Waals surface area contributed by atoms with E-state index in [-0.39, 0.29) is 12.5 Å². The zero-order valence-corrected chi connectivity index (χ0v) is 13.1. The standard InChI is InChI=1S/C15H19Cl2NO2/c1-2-11-6-3-4-9-18(11)14(19)10-20-13-8-5-7-12(16)15(13)17/h5,7-8,11H,2-4,6,9-10H2,1H3. The maximum atomic E-state index is 12.3. The Morgan fingerprint density at radius 3 is 2.95 bits per heavy atom. The van der Waals surface area contributed by atoms with E-state index in [1.807, 2.05) is 4.90 Å². The minimum absolute atomic E-state index is 0.0105. The molecule has 0 aromatic heterocycles. The second-order valence-corrected chi connectivity index (χ2v) is 5.77. The number of rotatable bonds is 4. The van der Waals surface area contributed by atoms with Crippen molar-refractivity contribution in [1.82, 2.24) is 4.90 Å². The van der Waals surface area contributed by atoms with Crippen LogP contribution in [0, 0.1) is 0 Å². The van der Waals surface area contributed by atoms with E-state index in [0.29, 0.717) is 21.8 Å². The SMILES string of the molecule is CCC1CCCCN1C(=O)COc1cccc(Cl)c1Cl. The van der Waals surface area contributed by atoms with Gasteiger partial charge in [-0.15, -0.1) is 0 Å². The van der Waals surface area contributed by atoms with Crippen LogP contribution in [0.25, 0.3) is 0 Å². The Bertz CT molecular complexity index is 479. The summed E-state index contributed by atoms with van der Waals surface area (Å²) >= 11 is 12.0. The summed E-state index contributed by atoms with van der Waals surface area (Å²) in [6.45, 7) is 2.95. The third kappa shape index (κ3) is 3.58. The smallest absolute Gasteiger partial charge is 0.260 e. The number of amides is 1. The van der Waals surface area contributed by atoms with Crippen molar-refractivity contribution in [3.63, 3.8) is 0 Å². The van der Waals surface area contributed by atoms with Gasteiger partial charge < -0.3 is 9.64 Å². The first-order valence-corrected chi connectivity index (χ1v) is 7.75. The molecule has 1 unspecified atom stereocenters. The average Bonchev–Trinajstić information content (AvgIpc) is 2.48. The number of carbonyl (C=O) groups excluding carboxylic acids is 1. The predicted molar refractivity (Wildman–Crippen MR) is 81.6 cm³/mol. The predicted octanol–water partition coefficient (Wildman–Crippen LogP) is 4.16. The van der Waals surface area contributed by atoms with Crippen LogP contribution < -0.4 is 4.74 Å². The van der Waals surface area contributed by atoms with Gasteiger partial charge in [-0.25, -0.2) is 0 Å². The van der Waals surface area contributed by atoms with Crippen LogP contribution in [0.4, 0.5) is 0 Å². The summed E-state index contributed by atoms with van der Waals surface area (Å²) in [5, 5.41) is 0.786. The van der Waals surface area contributed by atoms with Crippen LogP contribution in [0.3, 0.4) is 0 Å². The van der Waals surface area contributed by atoms with Gasteiger partial charge in [0.15, 0.2) is 6.61 Å². The Kier molecular flexibility index (Phi) is 5.55. The first kappa shape index (κ1) is 15.5. The summed E-state index contributed by atoms with van der Waals surface area (Å²) in [7, 11) is 0. The minimum atomic E-state index is 0.0105. The van der Waals surface area contributed by atoms with Crippen molar-refractivity contribution >= 4 is 29.1 Å². The van der Waals surface area contributed by atoms with Gasteiger partial charge in [-0.2, -0.15) is 0 Å². The highest BCUT2D eigenvalue weighted by Crippen LogP contribution is 2.31. The van der Waals surface area contributed by atoms with Crippen LogP contribution in [-0.4, -0.2) is 30.0 Å². The maximum Gasteiger partial charge on any atom is 0.260 e. The fourth-order valence-electron chi connectivity index (χ4n) is 2.57. The van der Waals surface area contributed by atoms with Crippen LogP contribution in [-0.2, 0) is 4.79 Å². The van der Waals surface area contributed by atoms with Crippen molar-refractivity contribution < 1.29 is 9.53 Å². The molecule has 1 aromatic carbocycles. The Labute approximate surface area is 129 Å². The van der Waals surface area contributed by atoms with Crippen LogP contribution in [0.1, 0.15) is 32.6 Å². The van der Waals surface area contributed by atoms with Crippen LogP contribution in [0.15, 0.2) is 18.2 Å². The second kappa shape index (κ2) is 7.19. The van der Waals surface area contributed by atoms with Gasteiger partial charge in [0.25, 0.3) is 5.91 Å². The van der Waals surface area contributed by atoms with Crippen LogP contribution >= 0.6 is 23.2 Å². The van der Waals surface area contributed by atoms with E-state index >= 15 is 0 Å². The summed E-state index contributed by atoms with van der Waals surface area (Å²) in [4.78, 5) is 14.2. The summed E-state index contributed by atoms with van der Waals surface area (Å²) < 4.78 is 5.52. The van der Waals surface area contributed by atoms with E-state index in [9.17, 15) is 4.79 Å². The molecule has 2 rings (SSSR count). The van der Waals surface area contributed by atoms with E-state index in [0.717, 1.165) is 25.8 Å². The summed E-state index contributed by atoms with van der Waals surface area (Å²) in [5.41, 5.74) is 0. The molecule has 110 valence electrons. The Hall–Kier alpha value is -0.930. The van der Waals surface area contributed by atoms with Crippen molar-refractivity contribution in [2.24, 2.45) is 0 Å². The minimum Gasteiger partial charge on any atom is -0.482 e. The van der Waals surface area contributed by atoms with Gasteiger partial charge in [0.1, 0.15) is 10.8 Å². The molecule has 1 heterocycles. The number of benzene rings is 1. The lowest BCUT2D eigenvalue weighted by Gasteiger charge is -2.35. The Morgan fingerprint density at radius 2 is 2.20 bits per heavy atom. The third-order valence-electron chi connectivity index (χ3n) is 3.69. The molecule has 0 aliphatic carbocycles. The van der Waals surface area contributed by atoms with Gasteiger partial charge in [-0.1, -0.05) is 36.2 Å². The monoisotopic (exact) mass is 315 g/mol. The molecule has 1 aliphatic heterocycles. The molecule has 5 heteroatoms. The van der Waals surface area contributed by atoms with E-state index in [1.165, 1.54) is 6.42 Å². The van der Waals surface area contributed by atoms with Crippen molar-refractivity contribution in [3.8, 4) is 5.75 Å². The summed E-state index contributed by atoms with van der Waals surface area (Å²) in [6, 6.07) is 5.50. The zero-order valence-electron chi connectivity index (χ0n) is 11.6. The van der Waals surface area contributed by atoms with Crippen LogP contribution in [0.2, 0.25) is 10.0 Å². The summed E-state index contributed by atoms with van der Waals surface area (Å²) in [5.74, 6) is 0.477. The molecule has 0 saturated carbocycles. The lowest BCUT2D eigenvalue weighted by Crippen LogP contribution is -2.45. The van der Waals surface area contributed by atoms with Gasteiger partial charge >= 0.3 is 0 Å². The highest BCUT2D eigenvalue weighted by molar-refractivity contribution is 6.42. The van der Waals surface area contributed by atoms with Crippen molar-refractivity contribution in [3.05, 3.63) is 28.2 Å². The number of ether oxygens (including phenoxy) is 1. The molecule has 0 spiro atoms. The molecule has 1 saturated heterocycles. The van der Waals surface area contributed by atoms with E-state index in [1.54, 1.807) is 18.2 Å². The molecule has 1 atom stereocenters. The number of halogens is 2. The molecular weight excluding hydrogens is 297 g/mol. The molecule has 1 aromatic rings. The first-order valence-electron chi connectivity index (χ1n) is 6.99. The first-order chi connectivity index (χ1) is 9.63. The molecule has 0 bridgehead atoms. The van der Waals surface area contributed by atoms with Gasteiger partial charge in [0.05, 0.1) is 5.02 Å². The van der Waals surface area contributed by atoms with Crippen molar-refractivity contribution in [2.75, 3.05) is 13.2 Å². The fraction of sp³-hybridized carbons (Fsp3) is 0.533. The van der Waals surface area contributed by atoms with E-state index in [2.05, 4.69) is 6.92 Å². The molecule has 1 amide bonds. The van der Waals surface area contributed by atoms with Gasteiger partial charge in [-0.3, -0.25) is 4.79 Å². The van der Waals surface area contributed by atoms with Gasteiger partial charge in [0.2, 0.25) is 0 Å². The number of piperidine rings is 1. The van der Waals surface area contributed by atoms with Crippen molar-refractivity contribution in [1.29, 1.82) is 0 Å². The quantitative estimate of drug-likeness (QED) is 0.834. The van der Waals surface area contributed by atoms with E-state index < -0.39 is 0 Å². The number of likely N-dealkylation sites (tertiary alicyclic amines) is 1. The molecule has 0 radical (unpaired) electrons. The topological polar surface area (TPSA) is 29.5 Å². The summed E-state index contributed by atoms with van der Waals surface area (Å²) in [6.07, 6.45) is 4.34. The van der Waals surface area contributed by atoms with Crippen molar-refractivity contribution in [2.45, 2.75) is 38.6 Å². The number of hydrogen-bond donors (Lipinski definition) is 0. The Balaban J connectivity index is 1.96. The number of hydrogen-bond acceptors (Lipinski definition) is 2. The molecule has 1 aliphatic rings. The highest BCUT2D eigenvalue weighted by atomic mass is 35.5. The largest absolute Gasteiger partial charge is 0.482 e. The van der Waals surface area contributed by atoms with Crippen LogP contribution in [0.5, 0.6) is 5.75 Å². The lowest BCUT2D eigenvalue weighted by atomic mass is 10.00. The normalized spacial score (nSPS) is 18.9. The van der Waals surface area contributed by atoms with Gasteiger partial charge in [0, 0.05) is 12.6 Å². The third-order valence-corrected chi connectivity index (χ3v) is 4.49. The molecule has 3 nitrogen and oxygen atoms in total. The zero-order chi connectivity index (χ0) is 14.5. The number of nitrogens with zero attached hydrogens (tertiary/aromatic N) is 1. The van der Waals surface area contributed by atoms with Gasteiger partial charge in [-0.05, 0) is 37.8 Å². The lowest BCUT2D eigenvalue weighted by molar-refractivity contribution is -0.137. The molecule has 0 N–H and O–H groups in total. The Morgan fingerprint density at radius 1 is 1.40 bits per heavy atom. The highest BCUT2D eigenvalue weighted by Gasteiger charge is 2.25. The molecule has 20 heavy (non-hydrogen) atoms. The maximum absolute atomic E-state index is 12.3. The average molecular weight is 316 g/mol. The second-order valence-electron chi connectivity index (χ2n) is 4.99. The fourth-order valence-corrected chi connectivity index (χ4v) is 2.92.